The number of hydrogen-bond donors (Lipinski definition) is 1. The maximum atomic E-state index is 5.98. The van der Waals surface area contributed by atoms with Crippen LogP contribution in [0.15, 0.2) is 6.33 Å². The predicted octanol–water partition coefficient (Wildman–Crippen LogP) is 2.39. The molecular weight excluding hydrogens is 212 g/mol. The van der Waals surface area contributed by atoms with Crippen molar-refractivity contribution >= 4 is 11.6 Å². The van der Waals surface area contributed by atoms with Crippen LogP contribution in [0.25, 0.3) is 0 Å². The Hall–Kier alpha value is -1.32. The van der Waals surface area contributed by atoms with Crippen molar-refractivity contribution in [3.05, 3.63) is 11.9 Å². The number of hydrogen-bond acceptors (Lipinski definition) is 4. The smallest absolute Gasteiger partial charge is 0.137 e. The first-order chi connectivity index (χ1) is 8.27. The van der Waals surface area contributed by atoms with E-state index in [1.165, 1.54) is 12.8 Å². The molecule has 1 fully saturated rings. The molecule has 17 heavy (non-hydrogen) atoms. The van der Waals surface area contributed by atoms with Gasteiger partial charge in [0.15, 0.2) is 0 Å². The molecule has 0 aromatic carbocycles. The highest BCUT2D eigenvalue weighted by molar-refractivity contribution is 5.57. The van der Waals surface area contributed by atoms with Crippen molar-refractivity contribution in [3.8, 4) is 0 Å². The van der Waals surface area contributed by atoms with Crippen LogP contribution in [0.4, 0.5) is 11.6 Å². The van der Waals surface area contributed by atoms with Crippen LogP contribution in [0.2, 0.25) is 0 Å². The van der Waals surface area contributed by atoms with Gasteiger partial charge in [-0.1, -0.05) is 20.3 Å². The minimum Gasteiger partial charge on any atom is -0.383 e. The normalized spacial score (nSPS) is 14.9. The van der Waals surface area contributed by atoms with Gasteiger partial charge in [-0.3, -0.25) is 0 Å². The van der Waals surface area contributed by atoms with Gasteiger partial charge in [-0.2, -0.15) is 0 Å². The second-order valence-corrected chi connectivity index (χ2v) is 4.74. The van der Waals surface area contributed by atoms with Crippen LogP contribution >= 0.6 is 0 Å². The average molecular weight is 234 g/mol. The largest absolute Gasteiger partial charge is 0.383 e. The number of nitrogens with two attached hydrogens (primary N) is 1. The monoisotopic (exact) mass is 234 g/mol. The van der Waals surface area contributed by atoms with E-state index in [-0.39, 0.29) is 0 Å². The molecule has 1 heterocycles. The van der Waals surface area contributed by atoms with Crippen molar-refractivity contribution in [1.82, 2.24) is 9.97 Å². The third-order valence-corrected chi connectivity index (χ3v) is 3.18. The summed E-state index contributed by atoms with van der Waals surface area (Å²) in [5.41, 5.74) is 7.12. The van der Waals surface area contributed by atoms with Crippen LogP contribution in [0, 0.1) is 0 Å². The van der Waals surface area contributed by atoms with Crippen LogP contribution in [0.1, 0.15) is 45.1 Å². The molecule has 1 aromatic rings. The van der Waals surface area contributed by atoms with Crippen LogP contribution in [-0.4, -0.2) is 22.6 Å². The Morgan fingerprint density at radius 2 is 2.06 bits per heavy atom. The first-order valence-corrected chi connectivity index (χ1v) is 6.63. The minimum atomic E-state index is 0.651. The van der Waals surface area contributed by atoms with Gasteiger partial charge in [-0.05, 0) is 25.7 Å². The maximum absolute atomic E-state index is 5.98. The molecular formula is C13H22N4. The Kier molecular flexibility index (Phi) is 3.82. The molecule has 0 saturated heterocycles. The summed E-state index contributed by atoms with van der Waals surface area (Å²) in [6, 6.07) is 0.680. The Morgan fingerprint density at radius 3 is 2.65 bits per heavy atom. The second kappa shape index (κ2) is 5.34. The molecule has 0 atom stereocenters. The highest BCUT2D eigenvalue weighted by Crippen LogP contribution is 2.33. The molecule has 4 nitrogen and oxygen atoms in total. The number of nitrogen functional groups attached to an aromatic ring is 1. The minimum absolute atomic E-state index is 0.651. The highest BCUT2D eigenvalue weighted by Gasteiger charge is 2.31. The highest BCUT2D eigenvalue weighted by atomic mass is 15.2. The van der Waals surface area contributed by atoms with Crippen LogP contribution < -0.4 is 10.6 Å². The molecule has 0 radical (unpaired) electrons. The molecule has 0 aliphatic heterocycles. The molecule has 1 aliphatic rings. The molecule has 0 amide bonds. The van der Waals surface area contributed by atoms with E-state index < -0.39 is 0 Å². The lowest BCUT2D eigenvalue weighted by Gasteiger charge is -2.25. The average Bonchev–Trinajstić information content (AvgIpc) is 3.13. The quantitative estimate of drug-likeness (QED) is 0.821. The summed E-state index contributed by atoms with van der Waals surface area (Å²) in [5.74, 6) is 1.72. The predicted molar refractivity (Wildman–Crippen MR) is 71.1 cm³/mol. The summed E-state index contributed by atoms with van der Waals surface area (Å²) >= 11 is 0. The Bertz CT molecular complexity index is 374. The lowest BCUT2D eigenvalue weighted by molar-refractivity contribution is 0.738. The zero-order valence-electron chi connectivity index (χ0n) is 10.8. The SMILES string of the molecule is CCCc1c(N)ncnc1N(CCC)C1CC1. The van der Waals surface area contributed by atoms with Gasteiger partial charge in [-0.15, -0.1) is 0 Å². The first kappa shape index (κ1) is 12.1. The van der Waals surface area contributed by atoms with Crippen molar-refractivity contribution in [2.45, 2.75) is 52.0 Å². The molecule has 94 valence electrons. The first-order valence-electron chi connectivity index (χ1n) is 6.63. The third kappa shape index (κ3) is 2.68. The lowest BCUT2D eigenvalue weighted by atomic mass is 10.1. The number of anilines is 2. The number of aromatic nitrogens is 2. The van der Waals surface area contributed by atoms with Gasteiger partial charge in [-0.25, -0.2) is 9.97 Å². The van der Waals surface area contributed by atoms with Crippen LogP contribution in [0.3, 0.4) is 0 Å². The molecule has 2 N–H and O–H groups in total. The fourth-order valence-electron chi connectivity index (χ4n) is 2.24. The zero-order chi connectivity index (χ0) is 12.3. The van der Waals surface area contributed by atoms with Gasteiger partial charge in [0.05, 0.1) is 0 Å². The summed E-state index contributed by atoms with van der Waals surface area (Å²) in [4.78, 5) is 11.0. The van der Waals surface area contributed by atoms with Crippen molar-refractivity contribution in [3.63, 3.8) is 0 Å². The van der Waals surface area contributed by atoms with E-state index >= 15 is 0 Å². The van der Waals surface area contributed by atoms with E-state index in [4.69, 9.17) is 5.73 Å². The summed E-state index contributed by atoms with van der Waals surface area (Å²) in [6.07, 6.45) is 7.36. The van der Waals surface area contributed by atoms with Crippen molar-refractivity contribution in [1.29, 1.82) is 0 Å². The Labute approximate surface area is 103 Å². The fraction of sp³-hybridized carbons (Fsp3) is 0.692. The molecule has 1 aromatic heterocycles. The zero-order valence-corrected chi connectivity index (χ0v) is 10.8. The van der Waals surface area contributed by atoms with Crippen LogP contribution in [-0.2, 0) is 6.42 Å². The molecule has 1 aliphatic carbocycles. The molecule has 1 saturated carbocycles. The van der Waals surface area contributed by atoms with Gasteiger partial charge in [0, 0.05) is 18.2 Å². The van der Waals surface area contributed by atoms with E-state index in [0.717, 1.165) is 37.2 Å². The van der Waals surface area contributed by atoms with E-state index in [2.05, 4.69) is 28.7 Å². The fourth-order valence-corrected chi connectivity index (χ4v) is 2.24. The van der Waals surface area contributed by atoms with Gasteiger partial charge in [0.1, 0.15) is 18.0 Å². The summed E-state index contributed by atoms with van der Waals surface area (Å²) < 4.78 is 0. The third-order valence-electron chi connectivity index (χ3n) is 3.18. The molecule has 0 spiro atoms. The molecule has 2 rings (SSSR count). The van der Waals surface area contributed by atoms with Crippen LogP contribution in [0.5, 0.6) is 0 Å². The van der Waals surface area contributed by atoms with E-state index in [1.807, 2.05) is 0 Å². The Balaban J connectivity index is 2.30. The van der Waals surface area contributed by atoms with Gasteiger partial charge >= 0.3 is 0 Å². The summed E-state index contributed by atoms with van der Waals surface area (Å²) in [6.45, 7) is 5.44. The number of rotatable bonds is 6. The maximum Gasteiger partial charge on any atom is 0.137 e. The topological polar surface area (TPSA) is 55.0 Å². The summed E-state index contributed by atoms with van der Waals surface area (Å²) in [5, 5.41) is 0. The number of nitrogens with zero attached hydrogens (tertiary/aromatic N) is 3. The van der Waals surface area contributed by atoms with Crippen molar-refractivity contribution in [2.75, 3.05) is 17.2 Å². The van der Waals surface area contributed by atoms with Crippen molar-refractivity contribution < 1.29 is 0 Å². The van der Waals surface area contributed by atoms with E-state index in [1.54, 1.807) is 6.33 Å². The van der Waals surface area contributed by atoms with Gasteiger partial charge < -0.3 is 10.6 Å². The molecule has 0 unspecified atom stereocenters. The van der Waals surface area contributed by atoms with E-state index in [9.17, 15) is 0 Å². The Morgan fingerprint density at radius 1 is 1.29 bits per heavy atom. The van der Waals surface area contributed by atoms with E-state index in [0.29, 0.717) is 11.9 Å². The lowest BCUT2D eigenvalue weighted by Crippen LogP contribution is -2.29. The van der Waals surface area contributed by atoms with Gasteiger partial charge in [0.2, 0.25) is 0 Å². The molecule has 4 heteroatoms. The van der Waals surface area contributed by atoms with Crippen molar-refractivity contribution in [2.24, 2.45) is 0 Å². The molecule has 0 bridgehead atoms. The second-order valence-electron chi connectivity index (χ2n) is 4.74. The summed E-state index contributed by atoms with van der Waals surface area (Å²) in [7, 11) is 0. The standard InChI is InChI=1S/C13H22N4/c1-3-5-11-12(14)15-9-16-13(11)17(8-4-2)10-6-7-10/h9-10H,3-8H2,1-2H3,(H2,14,15,16). The van der Waals surface area contributed by atoms with Gasteiger partial charge in [0.25, 0.3) is 0 Å².